The van der Waals surface area contributed by atoms with Crippen molar-refractivity contribution >= 4 is 0 Å². The molecule has 0 radical (unpaired) electrons. The number of aliphatic hydroxyl groups is 1. The van der Waals surface area contributed by atoms with Gasteiger partial charge in [-0.2, -0.15) is 0 Å². The molecule has 0 amide bonds. The normalized spacial score (nSPS) is 32.1. The first-order chi connectivity index (χ1) is 7.90. The van der Waals surface area contributed by atoms with Gasteiger partial charge in [-0.25, -0.2) is 0 Å². The van der Waals surface area contributed by atoms with Crippen LogP contribution in [0.1, 0.15) is 44.9 Å². The maximum Gasteiger partial charge on any atom is 0.0588 e. The number of piperidine rings is 1. The fraction of sp³-hybridized carbons (Fsp3) is 1.00. The Labute approximate surface area is 98.8 Å². The van der Waals surface area contributed by atoms with E-state index in [0.717, 1.165) is 19.6 Å². The summed E-state index contributed by atoms with van der Waals surface area (Å²) in [7, 11) is 0. The van der Waals surface area contributed by atoms with E-state index in [4.69, 9.17) is 9.84 Å². The first-order valence-electron chi connectivity index (χ1n) is 6.86. The summed E-state index contributed by atoms with van der Waals surface area (Å²) in [6.45, 7) is 3.68. The van der Waals surface area contributed by atoms with Gasteiger partial charge >= 0.3 is 0 Å². The van der Waals surface area contributed by atoms with E-state index in [1.807, 2.05) is 0 Å². The average Bonchev–Trinajstić information content (AvgIpc) is 2.81. The maximum atomic E-state index is 9.06. The molecule has 2 rings (SSSR count). The average molecular weight is 227 g/mol. The molecule has 2 heterocycles. The summed E-state index contributed by atoms with van der Waals surface area (Å²) in [6.07, 6.45) is 9.06. The van der Waals surface area contributed by atoms with E-state index < -0.39 is 0 Å². The van der Waals surface area contributed by atoms with Crippen molar-refractivity contribution in [2.45, 2.75) is 57.1 Å². The van der Waals surface area contributed by atoms with Crippen molar-refractivity contribution in [1.82, 2.24) is 4.90 Å². The highest BCUT2D eigenvalue weighted by Gasteiger charge is 2.23. The lowest BCUT2D eigenvalue weighted by Gasteiger charge is -2.36. The number of hydrogen-bond acceptors (Lipinski definition) is 3. The van der Waals surface area contributed by atoms with Crippen LogP contribution in [0.15, 0.2) is 0 Å². The van der Waals surface area contributed by atoms with Crippen LogP contribution in [0.5, 0.6) is 0 Å². The molecule has 0 saturated carbocycles. The van der Waals surface area contributed by atoms with Gasteiger partial charge in [-0.05, 0) is 45.1 Å². The summed E-state index contributed by atoms with van der Waals surface area (Å²) >= 11 is 0. The molecule has 0 aromatic heterocycles. The molecule has 2 aliphatic heterocycles. The van der Waals surface area contributed by atoms with Crippen molar-refractivity contribution in [3.05, 3.63) is 0 Å². The SMILES string of the molecule is OCCC1CCCCN1CCC1CCCO1. The number of nitrogens with zero attached hydrogens (tertiary/aromatic N) is 1. The smallest absolute Gasteiger partial charge is 0.0588 e. The molecular formula is C13H25NO2. The van der Waals surface area contributed by atoms with Crippen molar-refractivity contribution in [3.8, 4) is 0 Å². The lowest BCUT2D eigenvalue weighted by molar-refractivity contribution is 0.0688. The highest BCUT2D eigenvalue weighted by atomic mass is 16.5. The second-order valence-corrected chi connectivity index (χ2v) is 5.12. The quantitative estimate of drug-likeness (QED) is 0.777. The van der Waals surface area contributed by atoms with Gasteiger partial charge in [-0.1, -0.05) is 6.42 Å². The summed E-state index contributed by atoms with van der Waals surface area (Å²) in [6, 6.07) is 0.625. The minimum atomic E-state index is 0.334. The monoisotopic (exact) mass is 227 g/mol. The molecule has 3 heteroatoms. The van der Waals surface area contributed by atoms with Crippen LogP contribution in [-0.4, -0.2) is 48.5 Å². The fourth-order valence-electron chi connectivity index (χ4n) is 3.01. The first kappa shape index (κ1) is 12.3. The van der Waals surface area contributed by atoms with Crippen LogP contribution < -0.4 is 0 Å². The third kappa shape index (κ3) is 3.44. The van der Waals surface area contributed by atoms with Crippen LogP contribution in [0.2, 0.25) is 0 Å². The van der Waals surface area contributed by atoms with E-state index in [1.54, 1.807) is 0 Å². The molecule has 0 bridgehead atoms. The lowest BCUT2D eigenvalue weighted by atomic mass is 9.99. The van der Waals surface area contributed by atoms with Gasteiger partial charge in [0.1, 0.15) is 0 Å². The van der Waals surface area contributed by atoms with E-state index in [0.29, 0.717) is 18.8 Å². The topological polar surface area (TPSA) is 32.7 Å². The van der Waals surface area contributed by atoms with Crippen LogP contribution >= 0.6 is 0 Å². The zero-order chi connectivity index (χ0) is 11.2. The molecule has 94 valence electrons. The molecule has 2 aliphatic rings. The fourth-order valence-corrected chi connectivity index (χ4v) is 3.01. The van der Waals surface area contributed by atoms with Gasteiger partial charge in [0.15, 0.2) is 0 Å². The van der Waals surface area contributed by atoms with Crippen molar-refractivity contribution in [3.63, 3.8) is 0 Å². The van der Waals surface area contributed by atoms with E-state index >= 15 is 0 Å². The molecular weight excluding hydrogens is 202 g/mol. The van der Waals surface area contributed by atoms with Gasteiger partial charge in [0, 0.05) is 25.8 Å². The summed E-state index contributed by atoms with van der Waals surface area (Å²) < 4.78 is 5.66. The van der Waals surface area contributed by atoms with Crippen LogP contribution in [0.3, 0.4) is 0 Å². The summed E-state index contributed by atoms with van der Waals surface area (Å²) in [5, 5.41) is 9.06. The maximum absolute atomic E-state index is 9.06. The van der Waals surface area contributed by atoms with Crippen molar-refractivity contribution in [1.29, 1.82) is 0 Å². The van der Waals surface area contributed by atoms with Gasteiger partial charge < -0.3 is 14.7 Å². The van der Waals surface area contributed by atoms with Gasteiger partial charge in [0.2, 0.25) is 0 Å². The molecule has 0 aromatic rings. The number of ether oxygens (including phenoxy) is 1. The second-order valence-electron chi connectivity index (χ2n) is 5.12. The van der Waals surface area contributed by atoms with E-state index in [9.17, 15) is 0 Å². The summed E-state index contributed by atoms with van der Waals surface area (Å²) in [5.41, 5.74) is 0. The van der Waals surface area contributed by atoms with Crippen LogP contribution in [0, 0.1) is 0 Å². The Balaban J connectivity index is 1.72. The third-order valence-corrected chi connectivity index (χ3v) is 3.97. The predicted molar refractivity (Wildman–Crippen MR) is 64.5 cm³/mol. The first-order valence-corrected chi connectivity index (χ1v) is 6.86. The largest absolute Gasteiger partial charge is 0.396 e. The van der Waals surface area contributed by atoms with Crippen molar-refractivity contribution in [2.75, 3.05) is 26.3 Å². The Hall–Kier alpha value is -0.120. The van der Waals surface area contributed by atoms with Gasteiger partial charge in [0.25, 0.3) is 0 Å². The molecule has 2 atom stereocenters. The Morgan fingerprint density at radius 1 is 1.12 bits per heavy atom. The zero-order valence-electron chi connectivity index (χ0n) is 10.2. The Morgan fingerprint density at radius 2 is 2.06 bits per heavy atom. The van der Waals surface area contributed by atoms with Crippen LogP contribution in [0.4, 0.5) is 0 Å². The molecule has 0 aliphatic carbocycles. The minimum absolute atomic E-state index is 0.334. The highest BCUT2D eigenvalue weighted by Crippen LogP contribution is 2.22. The van der Waals surface area contributed by atoms with Crippen molar-refractivity contribution in [2.24, 2.45) is 0 Å². The zero-order valence-corrected chi connectivity index (χ0v) is 10.2. The number of aliphatic hydroxyl groups excluding tert-OH is 1. The molecule has 3 nitrogen and oxygen atoms in total. The van der Waals surface area contributed by atoms with Crippen LogP contribution in [0.25, 0.3) is 0 Å². The van der Waals surface area contributed by atoms with E-state index in [1.165, 1.54) is 45.1 Å². The van der Waals surface area contributed by atoms with Crippen molar-refractivity contribution < 1.29 is 9.84 Å². The Bertz CT molecular complexity index is 190. The highest BCUT2D eigenvalue weighted by molar-refractivity contribution is 4.78. The lowest BCUT2D eigenvalue weighted by Crippen LogP contribution is -2.41. The molecule has 2 saturated heterocycles. The predicted octanol–water partition coefficient (Wildman–Crippen LogP) is 1.79. The molecule has 2 unspecified atom stereocenters. The molecule has 2 fully saturated rings. The molecule has 1 N–H and O–H groups in total. The molecule has 0 aromatic carbocycles. The number of hydrogen-bond donors (Lipinski definition) is 1. The number of rotatable bonds is 5. The van der Waals surface area contributed by atoms with E-state index in [2.05, 4.69) is 4.90 Å². The molecule has 16 heavy (non-hydrogen) atoms. The minimum Gasteiger partial charge on any atom is -0.396 e. The van der Waals surface area contributed by atoms with Gasteiger partial charge in [-0.15, -0.1) is 0 Å². The summed E-state index contributed by atoms with van der Waals surface area (Å²) in [4.78, 5) is 2.57. The Morgan fingerprint density at radius 3 is 2.81 bits per heavy atom. The van der Waals surface area contributed by atoms with Crippen LogP contribution in [-0.2, 0) is 4.74 Å². The summed E-state index contributed by atoms with van der Waals surface area (Å²) in [5.74, 6) is 0. The second kappa shape index (κ2) is 6.58. The molecule has 0 spiro atoms. The Kier molecular flexibility index (Phi) is 5.07. The number of likely N-dealkylation sites (tertiary alicyclic amines) is 1. The van der Waals surface area contributed by atoms with Gasteiger partial charge in [-0.3, -0.25) is 0 Å². The third-order valence-electron chi connectivity index (χ3n) is 3.97. The van der Waals surface area contributed by atoms with E-state index in [-0.39, 0.29) is 0 Å². The standard InChI is InChI=1S/C13H25NO2/c15-10-7-12-4-1-2-8-14(12)9-6-13-5-3-11-16-13/h12-13,15H,1-11H2. The van der Waals surface area contributed by atoms with Gasteiger partial charge in [0.05, 0.1) is 6.10 Å².